The van der Waals surface area contributed by atoms with E-state index >= 15 is 0 Å². The minimum absolute atomic E-state index is 0.323. The fourth-order valence-corrected chi connectivity index (χ4v) is 1.35. The van der Waals surface area contributed by atoms with E-state index in [-0.39, 0.29) is 5.97 Å². The van der Waals surface area contributed by atoms with Gasteiger partial charge >= 0.3 is 5.97 Å². The molecule has 0 amide bonds. The molecule has 1 aromatic rings. The van der Waals surface area contributed by atoms with E-state index in [4.69, 9.17) is 9.47 Å². The molecule has 0 aliphatic rings. The van der Waals surface area contributed by atoms with Gasteiger partial charge < -0.3 is 9.47 Å². The van der Waals surface area contributed by atoms with Crippen molar-refractivity contribution in [1.29, 1.82) is 0 Å². The highest BCUT2D eigenvalue weighted by atomic mass is 16.5. The molecule has 5 heteroatoms. The molecule has 1 atom stereocenters. The monoisotopic (exact) mass is 210 g/mol. The molecule has 1 unspecified atom stereocenters. The SMILES string of the molecule is CCC(C(=O)OC)c1nccnc1OC. The Bertz CT molecular complexity index is 341. The Morgan fingerprint density at radius 1 is 1.40 bits per heavy atom. The van der Waals surface area contributed by atoms with Crippen molar-refractivity contribution in [2.75, 3.05) is 14.2 Å². The molecule has 1 heterocycles. The average Bonchev–Trinajstić information content (AvgIpc) is 2.30. The Labute approximate surface area is 88.4 Å². The van der Waals surface area contributed by atoms with Gasteiger partial charge in [0.05, 0.1) is 14.2 Å². The van der Waals surface area contributed by atoms with Crippen molar-refractivity contribution in [3.8, 4) is 5.88 Å². The average molecular weight is 210 g/mol. The molecule has 0 saturated heterocycles. The van der Waals surface area contributed by atoms with E-state index < -0.39 is 5.92 Å². The molecule has 5 nitrogen and oxygen atoms in total. The third kappa shape index (κ3) is 2.43. The highest BCUT2D eigenvalue weighted by Gasteiger charge is 2.24. The summed E-state index contributed by atoms with van der Waals surface area (Å²) < 4.78 is 9.74. The highest BCUT2D eigenvalue weighted by Crippen LogP contribution is 2.25. The van der Waals surface area contributed by atoms with Crippen molar-refractivity contribution < 1.29 is 14.3 Å². The highest BCUT2D eigenvalue weighted by molar-refractivity contribution is 5.77. The topological polar surface area (TPSA) is 61.3 Å². The van der Waals surface area contributed by atoms with Crippen LogP contribution in [0, 0.1) is 0 Å². The molecule has 0 spiro atoms. The molecular formula is C10H14N2O3. The van der Waals surface area contributed by atoms with Crippen LogP contribution in [0.3, 0.4) is 0 Å². The zero-order valence-corrected chi connectivity index (χ0v) is 9.06. The molecule has 1 aromatic heterocycles. The Morgan fingerprint density at radius 2 is 2.07 bits per heavy atom. The number of methoxy groups -OCH3 is 2. The second kappa shape index (κ2) is 5.29. The summed E-state index contributed by atoms with van der Waals surface area (Å²) in [6, 6.07) is 0. The summed E-state index contributed by atoms with van der Waals surface area (Å²) in [5.74, 6) is -0.371. The molecule has 0 aliphatic carbocycles. The van der Waals surface area contributed by atoms with Crippen molar-refractivity contribution in [3.05, 3.63) is 18.1 Å². The summed E-state index contributed by atoms with van der Waals surface area (Å²) in [4.78, 5) is 19.6. The summed E-state index contributed by atoms with van der Waals surface area (Å²) >= 11 is 0. The van der Waals surface area contributed by atoms with Crippen LogP contribution in [0.5, 0.6) is 5.88 Å². The first kappa shape index (κ1) is 11.4. The second-order valence-corrected chi connectivity index (χ2v) is 2.93. The first-order chi connectivity index (χ1) is 7.24. The predicted octanol–water partition coefficient (Wildman–Crippen LogP) is 1.15. The lowest BCUT2D eigenvalue weighted by molar-refractivity contribution is -0.142. The van der Waals surface area contributed by atoms with Gasteiger partial charge in [-0.3, -0.25) is 9.78 Å². The van der Waals surface area contributed by atoms with Crippen LogP contribution in [0.4, 0.5) is 0 Å². The molecule has 0 N–H and O–H groups in total. The Hall–Kier alpha value is -1.65. The number of ether oxygens (including phenoxy) is 2. The smallest absolute Gasteiger partial charge is 0.314 e. The number of esters is 1. The fourth-order valence-electron chi connectivity index (χ4n) is 1.35. The van der Waals surface area contributed by atoms with Crippen molar-refractivity contribution in [2.45, 2.75) is 19.3 Å². The van der Waals surface area contributed by atoms with Gasteiger partial charge in [0, 0.05) is 12.4 Å². The maximum absolute atomic E-state index is 11.5. The van der Waals surface area contributed by atoms with Crippen LogP contribution < -0.4 is 4.74 Å². The van der Waals surface area contributed by atoms with Gasteiger partial charge in [0.1, 0.15) is 11.6 Å². The molecule has 15 heavy (non-hydrogen) atoms. The maximum atomic E-state index is 11.5. The van der Waals surface area contributed by atoms with Gasteiger partial charge in [0.25, 0.3) is 0 Å². The predicted molar refractivity (Wildman–Crippen MR) is 53.6 cm³/mol. The molecule has 0 radical (unpaired) electrons. The fraction of sp³-hybridized carbons (Fsp3) is 0.500. The second-order valence-electron chi connectivity index (χ2n) is 2.93. The Balaban J connectivity index is 3.05. The molecule has 0 aromatic carbocycles. The molecule has 0 saturated carbocycles. The summed E-state index contributed by atoms with van der Waals surface area (Å²) in [6.07, 6.45) is 3.65. The summed E-state index contributed by atoms with van der Waals surface area (Å²) in [6.45, 7) is 1.88. The number of nitrogens with zero attached hydrogens (tertiary/aromatic N) is 2. The van der Waals surface area contributed by atoms with Gasteiger partial charge in [0.15, 0.2) is 0 Å². The molecule has 0 aliphatic heterocycles. The number of hydrogen-bond donors (Lipinski definition) is 0. The summed E-state index contributed by atoms with van der Waals surface area (Å²) in [5, 5.41) is 0. The van der Waals surface area contributed by atoms with Crippen molar-refractivity contribution in [1.82, 2.24) is 9.97 Å². The van der Waals surface area contributed by atoms with Crippen molar-refractivity contribution >= 4 is 5.97 Å². The van der Waals surface area contributed by atoms with Crippen molar-refractivity contribution in [3.63, 3.8) is 0 Å². The number of carbonyl (C=O) groups excluding carboxylic acids is 1. The zero-order chi connectivity index (χ0) is 11.3. The first-order valence-corrected chi connectivity index (χ1v) is 4.67. The lowest BCUT2D eigenvalue weighted by Gasteiger charge is -2.13. The minimum Gasteiger partial charge on any atom is -0.480 e. The molecule has 0 fully saturated rings. The maximum Gasteiger partial charge on any atom is 0.314 e. The van der Waals surface area contributed by atoms with E-state index in [2.05, 4.69) is 9.97 Å². The number of hydrogen-bond acceptors (Lipinski definition) is 5. The number of rotatable bonds is 4. The summed E-state index contributed by atoms with van der Waals surface area (Å²) in [7, 11) is 2.85. The van der Waals surface area contributed by atoms with E-state index in [9.17, 15) is 4.79 Å². The van der Waals surface area contributed by atoms with Crippen LogP contribution in [0.2, 0.25) is 0 Å². The lowest BCUT2D eigenvalue weighted by Crippen LogP contribution is -2.16. The zero-order valence-electron chi connectivity index (χ0n) is 9.06. The third-order valence-electron chi connectivity index (χ3n) is 2.11. The molecule has 0 bridgehead atoms. The lowest BCUT2D eigenvalue weighted by atomic mass is 10.0. The van der Waals surface area contributed by atoms with Crippen LogP contribution in [-0.2, 0) is 9.53 Å². The Morgan fingerprint density at radius 3 is 2.60 bits per heavy atom. The van der Waals surface area contributed by atoms with Crippen LogP contribution >= 0.6 is 0 Å². The van der Waals surface area contributed by atoms with Gasteiger partial charge in [-0.15, -0.1) is 0 Å². The quantitative estimate of drug-likeness (QED) is 0.697. The molecule has 82 valence electrons. The van der Waals surface area contributed by atoms with E-state index in [1.165, 1.54) is 26.6 Å². The third-order valence-corrected chi connectivity index (χ3v) is 2.11. The van der Waals surface area contributed by atoms with E-state index in [1.54, 1.807) is 0 Å². The summed E-state index contributed by atoms with van der Waals surface area (Å²) in [5.41, 5.74) is 0.523. The van der Waals surface area contributed by atoms with Gasteiger partial charge in [-0.2, -0.15) is 0 Å². The van der Waals surface area contributed by atoms with E-state index in [0.29, 0.717) is 18.0 Å². The standard InChI is InChI=1S/C10H14N2O3/c1-4-7(10(13)15-3)8-9(14-2)12-6-5-11-8/h5-7H,4H2,1-3H3. The van der Waals surface area contributed by atoms with Gasteiger partial charge in [-0.05, 0) is 6.42 Å². The normalized spacial score (nSPS) is 11.9. The van der Waals surface area contributed by atoms with Crippen molar-refractivity contribution in [2.24, 2.45) is 0 Å². The number of carbonyl (C=O) groups is 1. The minimum atomic E-state index is -0.418. The van der Waals surface area contributed by atoms with Crippen LogP contribution in [0.15, 0.2) is 12.4 Å². The van der Waals surface area contributed by atoms with Gasteiger partial charge in [-0.1, -0.05) is 6.92 Å². The molecule has 1 rings (SSSR count). The largest absolute Gasteiger partial charge is 0.480 e. The Kier molecular flexibility index (Phi) is 4.03. The van der Waals surface area contributed by atoms with Crippen LogP contribution in [-0.4, -0.2) is 30.2 Å². The first-order valence-electron chi connectivity index (χ1n) is 4.67. The van der Waals surface area contributed by atoms with Gasteiger partial charge in [0.2, 0.25) is 5.88 Å². The van der Waals surface area contributed by atoms with E-state index in [1.807, 2.05) is 6.92 Å². The number of aromatic nitrogens is 2. The molecular weight excluding hydrogens is 196 g/mol. The van der Waals surface area contributed by atoms with E-state index in [0.717, 1.165) is 0 Å². The van der Waals surface area contributed by atoms with Crippen LogP contribution in [0.25, 0.3) is 0 Å². The van der Waals surface area contributed by atoms with Gasteiger partial charge in [-0.25, -0.2) is 4.98 Å². The van der Waals surface area contributed by atoms with Crippen LogP contribution in [0.1, 0.15) is 25.0 Å².